The van der Waals surface area contributed by atoms with Crippen molar-refractivity contribution in [3.8, 4) is 39.1 Å². The number of hydrogen-bond acceptors (Lipinski definition) is 1. The zero-order chi connectivity index (χ0) is 41.6. The summed E-state index contributed by atoms with van der Waals surface area (Å²) in [5.41, 5.74) is 15.7. The summed E-state index contributed by atoms with van der Waals surface area (Å²) in [6.45, 7) is 4.60. The molecule has 0 bridgehead atoms. The number of rotatable bonds is 9. The van der Waals surface area contributed by atoms with E-state index in [1.165, 1.54) is 88.0 Å². The quantitative estimate of drug-likeness (QED) is 0.132. The van der Waals surface area contributed by atoms with Crippen molar-refractivity contribution in [1.29, 1.82) is 0 Å². The number of hydrogen-bond donors (Lipinski definition) is 0. The van der Waals surface area contributed by atoms with Crippen LogP contribution >= 0.6 is 0 Å². The Balaban J connectivity index is 1.06. The van der Waals surface area contributed by atoms with E-state index in [1.54, 1.807) is 0 Å². The maximum absolute atomic E-state index is 2.43. The van der Waals surface area contributed by atoms with Crippen molar-refractivity contribution in [2.24, 2.45) is 0 Å². The molecule has 0 aliphatic carbocycles. The molecule has 0 spiro atoms. The maximum atomic E-state index is 2.43. The van der Waals surface area contributed by atoms with E-state index in [-0.39, 0.29) is 0 Å². The van der Waals surface area contributed by atoms with Crippen LogP contribution in [0.3, 0.4) is 0 Å². The number of aromatic nitrogens is 1. The Hall–Kier alpha value is -7.68. The Bertz CT molecular complexity index is 3370. The predicted octanol–water partition coefficient (Wildman–Crippen LogP) is 17.1. The van der Waals surface area contributed by atoms with E-state index in [1.807, 2.05) is 0 Å². The van der Waals surface area contributed by atoms with E-state index in [4.69, 9.17) is 0 Å². The van der Waals surface area contributed by atoms with Crippen LogP contribution in [0.4, 0.5) is 17.1 Å². The summed E-state index contributed by atoms with van der Waals surface area (Å²) in [5, 5.41) is 7.56. The Labute approximate surface area is 363 Å². The van der Waals surface area contributed by atoms with Crippen molar-refractivity contribution >= 4 is 60.4 Å². The molecule has 11 aromatic rings. The van der Waals surface area contributed by atoms with E-state index in [9.17, 15) is 0 Å². The fourth-order valence-electron chi connectivity index (χ4n) is 9.58. The molecule has 0 saturated carbocycles. The van der Waals surface area contributed by atoms with Crippen LogP contribution in [-0.2, 0) is 0 Å². The summed E-state index contributed by atoms with van der Waals surface area (Å²) in [7, 11) is 0. The molecule has 0 N–H and O–H groups in total. The van der Waals surface area contributed by atoms with Gasteiger partial charge in [-0.1, -0.05) is 166 Å². The third-order valence-corrected chi connectivity index (χ3v) is 12.8. The number of fused-ring (bicyclic) bond motifs is 5. The van der Waals surface area contributed by atoms with Crippen LogP contribution in [0.2, 0.25) is 0 Å². The van der Waals surface area contributed by atoms with E-state index < -0.39 is 0 Å². The van der Waals surface area contributed by atoms with Gasteiger partial charge in [-0.3, -0.25) is 0 Å². The number of anilines is 3. The molecule has 10 aromatic carbocycles. The first-order chi connectivity index (χ1) is 30.6. The van der Waals surface area contributed by atoms with Crippen molar-refractivity contribution in [3.63, 3.8) is 0 Å². The highest BCUT2D eigenvalue weighted by atomic mass is 15.1. The first kappa shape index (κ1) is 37.3. The Morgan fingerprint density at radius 1 is 0.371 bits per heavy atom. The summed E-state index contributed by atoms with van der Waals surface area (Å²) >= 11 is 0. The lowest BCUT2D eigenvalue weighted by atomic mass is 9.85. The number of para-hydroxylation sites is 2. The zero-order valence-corrected chi connectivity index (χ0v) is 35.0. The van der Waals surface area contributed by atoms with Gasteiger partial charge in [-0.25, -0.2) is 0 Å². The van der Waals surface area contributed by atoms with E-state index in [0.717, 1.165) is 23.5 Å². The average Bonchev–Trinajstić information content (AvgIpc) is 3.67. The summed E-state index contributed by atoms with van der Waals surface area (Å²) in [5.74, 6) is 0.481. The van der Waals surface area contributed by atoms with Gasteiger partial charge in [-0.05, 0) is 146 Å². The summed E-state index contributed by atoms with van der Waals surface area (Å²) < 4.78 is 2.41. The lowest BCUT2D eigenvalue weighted by molar-refractivity contribution is 0.735. The van der Waals surface area contributed by atoms with Gasteiger partial charge in [0.25, 0.3) is 0 Å². The molecule has 0 amide bonds. The van der Waals surface area contributed by atoms with Gasteiger partial charge >= 0.3 is 0 Å². The molecule has 0 fully saturated rings. The molecule has 1 aromatic heterocycles. The predicted molar refractivity (Wildman–Crippen MR) is 265 cm³/mol. The Morgan fingerprint density at radius 3 is 1.48 bits per heavy atom. The highest BCUT2D eigenvalue weighted by Crippen LogP contribution is 2.46. The first-order valence-corrected chi connectivity index (χ1v) is 21.8. The van der Waals surface area contributed by atoms with Gasteiger partial charge in [0.2, 0.25) is 0 Å². The molecule has 0 saturated heterocycles. The fraction of sp³-hybridized carbons (Fsp3) is 0.0667. The van der Waals surface area contributed by atoms with Crippen LogP contribution in [-0.4, -0.2) is 4.57 Å². The van der Waals surface area contributed by atoms with Crippen molar-refractivity contribution in [2.45, 2.75) is 26.2 Å². The van der Waals surface area contributed by atoms with Gasteiger partial charge in [0.15, 0.2) is 0 Å². The molecular weight excluding hydrogens is 749 g/mol. The van der Waals surface area contributed by atoms with Crippen LogP contribution in [0.1, 0.15) is 31.7 Å². The SMILES string of the molecule is CCC(C)c1ccc2c(c1)c1cc(N(c3ccccc3)c3ccc(-c4ccc5c(-c6ccccc6)c6ccccc6c(-c6ccccc6)c5c4)cc3)ccc1n2-c1ccccc1. The van der Waals surface area contributed by atoms with Gasteiger partial charge < -0.3 is 9.47 Å². The van der Waals surface area contributed by atoms with Gasteiger partial charge in [0.1, 0.15) is 0 Å². The molecule has 62 heavy (non-hydrogen) atoms. The molecule has 11 rings (SSSR count). The topological polar surface area (TPSA) is 8.17 Å². The molecule has 0 aliphatic rings. The minimum Gasteiger partial charge on any atom is -0.310 e. The molecule has 2 nitrogen and oxygen atoms in total. The van der Waals surface area contributed by atoms with Crippen LogP contribution < -0.4 is 4.90 Å². The minimum absolute atomic E-state index is 0.481. The second kappa shape index (κ2) is 15.7. The summed E-state index contributed by atoms with van der Waals surface area (Å²) in [4.78, 5) is 2.39. The summed E-state index contributed by atoms with van der Waals surface area (Å²) in [6.07, 6.45) is 1.10. The molecule has 1 heterocycles. The Kier molecular flexibility index (Phi) is 9.47. The van der Waals surface area contributed by atoms with Gasteiger partial charge in [-0.15, -0.1) is 0 Å². The highest BCUT2D eigenvalue weighted by molar-refractivity contribution is 6.22. The molecular formula is C60H46N2. The second-order valence-corrected chi connectivity index (χ2v) is 16.5. The highest BCUT2D eigenvalue weighted by Gasteiger charge is 2.20. The average molecular weight is 795 g/mol. The third-order valence-electron chi connectivity index (χ3n) is 12.8. The molecule has 296 valence electrons. The number of nitrogens with zero attached hydrogens (tertiary/aromatic N) is 2. The van der Waals surface area contributed by atoms with E-state index in [0.29, 0.717) is 5.92 Å². The zero-order valence-electron chi connectivity index (χ0n) is 35.0. The molecule has 1 atom stereocenters. The van der Waals surface area contributed by atoms with Crippen LogP contribution in [0.15, 0.2) is 224 Å². The van der Waals surface area contributed by atoms with Crippen LogP contribution in [0, 0.1) is 0 Å². The smallest absolute Gasteiger partial charge is 0.0542 e. The number of benzene rings is 10. The van der Waals surface area contributed by atoms with Crippen molar-refractivity contribution in [1.82, 2.24) is 4.57 Å². The second-order valence-electron chi connectivity index (χ2n) is 16.5. The lowest BCUT2D eigenvalue weighted by Crippen LogP contribution is -2.09. The van der Waals surface area contributed by atoms with Gasteiger partial charge in [0, 0.05) is 33.5 Å². The van der Waals surface area contributed by atoms with E-state index >= 15 is 0 Å². The summed E-state index contributed by atoms with van der Waals surface area (Å²) in [6, 6.07) is 82.3. The van der Waals surface area contributed by atoms with Gasteiger partial charge in [0.05, 0.1) is 11.0 Å². The molecule has 0 radical (unpaired) electrons. The maximum Gasteiger partial charge on any atom is 0.0542 e. The van der Waals surface area contributed by atoms with E-state index in [2.05, 4.69) is 248 Å². The standard InChI is InChI=1S/C60H46N2/c1-3-41(2)45-31-36-57-54(38-45)55-40-50(34-37-58(55)62(57)48-24-14-7-15-25-48)61(47-22-12-6-13-23-47)49-32-28-42(29-33-49)46-30-35-53-56(39-46)60(44-20-10-5-11-21-44)52-27-17-16-26-51(52)59(53)43-18-8-4-9-19-43/h4-41H,3H2,1-2H3. The minimum atomic E-state index is 0.481. The van der Waals surface area contributed by atoms with Crippen molar-refractivity contribution in [3.05, 3.63) is 230 Å². The normalized spacial score (nSPS) is 12.0. The molecule has 0 aliphatic heterocycles. The van der Waals surface area contributed by atoms with Crippen molar-refractivity contribution in [2.75, 3.05) is 4.90 Å². The van der Waals surface area contributed by atoms with Crippen LogP contribution in [0.5, 0.6) is 0 Å². The Morgan fingerprint density at radius 2 is 0.855 bits per heavy atom. The fourth-order valence-corrected chi connectivity index (χ4v) is 9.58. The third kappa shape index (κ3) is 6.44. The molecule has 1 unspecified atom stereocenters. The van der Waals surface area contributed by atoms with Crippen LogP contribution in [0.25, 0.3) is 82.4 Å². The lowest BCUT2D eigenvalue weighted by Gasteiger charge is -2.26. The monoisotopic (exact) mass is 794 g/mol. The first-order valence-electron chi connectivity index (χ1n) is 21.8. The molecule has 2 heteroatoms. The largest absolute Gasteiger partial charge is 0.310 e. The van der Waals surface area contributed by atoms with Crippen molar-refractivity contribution < 1.29 is 0 Å². The van der Waals surface area contributed by atoms with Gasteiger partial charge in [-0.2, -0.15) is 0 Å².